The SMILES string of the molecule is CC1(C(=O)NCc2cc3ccc(OC/C(N)=C/N)cc3[nH]2)CC1. The molecule has 1 saturated carbocycles. The van der Waals surface area contributed by atoms with E-state index >= 15 is 0 Å². The van der Waals surface area contributed by atoms with E-state index < -0.39 is 0 Å². The van der Waals surface area contributed by atoms with Gasteiger partial charge in [-0.05, 0) is 36.4 Å². The van der Waals surface area contributed by atoms with Crippen molar-refractivity contribution >= 4 is 16.8 Å². The van der Waals surface area contributed by atoms with Crippen LogP contribution in [-0.2, 0) is 11.3 Å². The first-order valence-electron chi connectivity index (χ1n) is 7.69. The van der Waals surface area contributed by atoms with Crippen LogP contribution in [0, 0.1) is 5.41 Å². The van der Waals surface area contributed by atoms with E-state index in [1.54, 1.807) is 0 Å². The van der Waals surface area contributed by atoms with Crippen molar-refractivity contribution in [2.75, 3.05) is 6.61 Å². The molecule has 2 aromatic rings. The number of fused-ring (bicyclic) bond motifs is 1. The van der Waals surface area contributed by atoms with Crippen LogP contribution in [0.15, 0.2) is 36.2 Å². The van der Waals surface area contributed by atoms with Gasteiger partial charge in [0.05, 0.1) is 12.2 Å². The molecule has 0 atom stereocenters. The number of H-pyrrole nitrogens is 1. The zero-order chi connectivity index (χ0) is 16.4. The molecule has 0 saturated heterocycles. The Morgan fingerprint density at radius 1 is 1.43 bits per heavy atom. The third-order valence-corrected chi connectivity index (χ3v) is 4.26. The van der Waals surface area contributed by atoms with E-state index in [9.17, 15) is 4.79 Å². The molecule has 1 heterocycles. The Morgan fingerprint density at radius 3 is 2.91 bits per heavy atom. The molecular formula is C17H22N4O2. The van der Waals surface area contributed by atoms with Crippen molar-refractivity contribution in [2.45, 2.75) is 26.3 Å². The van der Waals surface area contributed by atoms with Gasteiger partial charge in [0.15, 0.2) is 0 Å². The molecule has 6 nitrogen and oxygen atoms in total. The van der Waals surface area contributed by atoms with E-state index in [2.05, 4.69) is 10.3 Å². The Balaban J connectivity index is 1.65. The van der Waals surface area contributed by atoms with Gasteiger partial charge in [0.25, 0.3) is 0 Å². The highest BCUT2D eigenvalue weighted by Crippen LogP contribution is 2.45. The predicted octanol–water partition coefficient (Wildman–Crippen LogP) is 1.72. The quantitative estimate of drug-likeness (QED) is 0.651. The number of amides is 1. The number of hydrogen-bond acceptors (Lipinski definition) is 4. The number of ether oxygens (including phenoxy) is 1. The second-order valence-corrected chi connectivity index (χ2v) is 6.32. The minimum atomic E-state index is -0.149. The third kappa shape index (κ3) is 3.41. The Labute approximate surface area is 134 Å². The number of rotatable bonds is 6. The van der Waals surface area contributed by atoms with Gasteiger partial charge in [0.1, 0.15) is 12.4 Å². The fourth-order valence-corrected chi connectivity index (χ4v) is 2.37. The summed E-state index contributed by atoms with van der Waals surface area (Å²) in [4.78, 5) is 15.3. The summed E-state index contributed by atoms with van der Waals surface area (Å²) in [5, 5.41) is 4.06. The fourth-order valence-electron chi connectivity index (χ4n) is 2.37. The summed E-state index contributed by atoms with van der Waals surface area (Å²) in [5.41, 5.74) is 13.2. The van der Waals surface area contributed by atoms with Crippen LogP contribution in [0.1, 0.15) is 25.5 Å². The van der Waals surface area contributed by atoms with Crippen LogP contribution in [0.25, 0.3) is 10.9 Å². The average Bonchev–Trinajstić information content (AvgIpc) is 3.17. The summed E-state index contributed by atoms with van der Waals surface area (Å²) >= 11 is 0. The van der Waals surface area contributed by atoms with Crippen LogP contribution in [0.2, 0.25) is 0 Å². The molecule has 1 aromatic carbocycles. The Morgan fingerprint density at radius 2 is 2.22 bits per heavy atom. The Hall–Kier alpha value is -2.63. The zero-order valence-electron chi connectivity index (χ0n) is 13.2. The van der Waals surface area contributed by atoms with E-state index in [1.165, 1.54) is 6.20 Å². The molecule has 1 aliphatic rings. The summed E-state index contributed by atoms with van der Waals surface area (Å²) in [5.74, 6) is 0.842. The second-order valence-electron chi connectivity index (χ2n) is 6.32. The van der Waals surface area contributed by atoms with Crippen molar-refractivity contribution in [3.63, 3.8) is 0 Å². The number of aromatic nitrogens is 1. The number of nitrogens with two attached hydrogens (primary N) is 2. The van der Waals surface area contributed by atoms with Crippen LogP contribution in [0.5, 0.6) is 5.75 Å². The van der Waals surface area contributed by atoms with E-state index in [0.29, 0.717) is 18.0 Å². The standard InChI is InChI=1S/C17H22N4O2/c1-17(4-5-17)16(22)20-9-13-6-11-2-3-14(7-15(11)21-13)23-10-12(19)8-18/h2-3,6-8,21H,4-5,9-10,18-19H2,1H3,(H,20,22)/b12-8-. The van der Waals surface area contributed by atoms with Gasteiger partial charge in [-0.25, -0.2) is 0 Å². The molecule has 0 bridgehead atoms. The second kappa shape index (κ2) is 5.87. The van der Waals surface area contributed by atoms with Crippen LogP contribution in [-0.4, -0.2) is 17.5 Å². The molecule has 0 radical (unpaired) electrons. The molecule has 0 aliphatic heterocycles. The molecule has 1 amide bonds. The molecule has 1 fully saturated rings. The third-order valence-electron chi connectivity index (χ3n) is 4.26. The highest BCUT2D eigenvalue weighted by Gasteiger charge is 2.44. The van der Waals surface area contributed by atoms with E-state index in [-0.39, 0.29) is 17.9 Å². The summed E-state index contributed by atoms with van der Waals surface area (Å²) in [6, 6.07) is 7.79. The Kier molecular flexibility index (Phi) is 3.90. The molecule has 1 aromatic heterocycles. The first-order valence-corrected chi connectivity index (χ1v) is 7.69. The number of aromatic amines is 1. The van der Waals surface area contributed by atoms with E-state index in [0.717, 1.165) is 29.4 Å². The fraction of sp³-hybridized carbons (Fsp3) is 0.353. The lowest BCUT2D eigenvalue weighted by molar-refractivity contribution is -0.125. The molecule has 3 rings (SSSR count). The van der Waals surface area contributed by atoms with E-state index in [1.807, 2.05) is 31.2 Å². The van der Waals surface area contributed by atoms with Crippen LogP contribution >= 0.6 is 0 Å². The minimum absolute atomic E-state index is 0.129. The van der Waals surface area contributed by atoms with Gasteiger partial charge in [0, 0.05) is 28.9 Å². The molecule has 6 heteroatoms. The van der Waals surface area contributed by atoms with Crippen molar-refractivity contribution in [3.8, 4) is 5.75 Å². The smallest absolute Gasteiger partial charge is 0.226 e. The molecule has 1 aliphatic carbocycles. The number of carbonyl (C=O) groups is 1. The summed E-state index contributed by atoms with van der Waals surface area (Å²) in [6.45, 7) is 2.75. The summed E-state index contributed by atoms with van der Waals surface area (Å²) < 4.78 is 5.56. The predicted molar refractivity (Wildman–Crippen MR) is 89.4 cm³/mol. The average molecular weight is 314 g/mol. The van der Waals surface area contributed by atoms with Gasteiger partial charge in [-0.2, -0.15) is 0 Å². The van der Waals surface area contributed by atoms with Gasteiger partial charge >= 0.3 is 0 Å². The normalized spacial score (nSPS) is 16.3. The maximum Gasteiger partial charge on any atom is 0.226 e. The first-order chi connectivity index (χ1) is 11.0. The summed E-state index contributed by atoms with van der Waals surface area (Å²) in [7, 11) is 0. The zero-order valence-corrected chi connectivity index (χ0v) is 13.2. The molecule has 6 N–H and O–H groups in total. The van der Waals surface area contributed by atoms with Crippen molar-refractivity contribution in [1.29, 1.82) is 0 Å². The van der Waals surface area contributed by atoms with Crippen LogP contribution in [0.4, 0.5) is 0 Å². The Bertz CT molecular complexity index is 759. The van der Waals surface area contributed by atoms with E-state index in [4.69, 9.17) is 16.2 Å². The lowest BCUT2D eigenvalue weighted by Crippen LogP contribution is -2.29. The minimum Gasteiger partial charge on any atom is -0.487 e. The lowest BCUT2D eigenvalue weighted by atomic mass is 10.1. The van der Waals surface area contributed by atoms with Crippen molar-refractivity contribution in [3.05, 3.63) is 41.9 Å². The summed E-state index contributed by atoms with van der Waals surface area (Å²) in [6.07, 6.45) is 3.29. The number of hydrogen-bond donors (Lipinski definition) is 4. The maximum atomic E-state index is 12.0. The largest absolute Gasteiger partial charge is 0.487 e. The van der Waals surface area contributed by atoms with Gasteiger partial charge in [-0.1, -0.05) is 6.92 Å². The molecule has 23 heavy (non-hydrogen) atoms. The van der Waals surface area contributed by atoms with Gasteiger partial charge in [0.2, 0.25) is 5.91 Å². The van der Waals surface area contributed by atoms with Crippen LogP contribution < -0.4 is 21.5 Å². The van der Waals surface area contributed by atoms with Crippen molar-refractivity contribution in [1.82, 2.24) is 10.3 Å². The topological polar surface area (TPSA) is 106 Å². The number of nitrogens with one attached hydrogen (secondary N) is 2. The molecule has 0 spiro atoms. The van der Waals surface area contributed by atoms with Gasteiger partial charge < -0.3 is 26.5 Å². The monoisotopic (exact) mass is 314 g/mol. The van der Waals surface area contributed by atoms with Gasteiger partial charge in [-0.15, -0.1) is 0 Å². The maximum absolute atomic E-state index is 12.0. The molecule has 0 unspecified atom stereocenters. The number of benzene rings is 1. The lowest BCUT2D eigenvalue weighted by Gasteiger charge is -2.08. The first kappa shape index (κ1) is 15.3. The molecular weight excluding hydrogens is 292 g/mol. The number of carbonyl (C=O) groups excluding carboxylic acids is 1. The van der Waals surface area contributed by atoms with Crippen molar-refractivity contribution < 1.29 is 9.53 Å². The highest BCUT2D eigenvalue weighted by molar-refractivity contribution is 5.85. The van der Waals surface area contributed by atoms with Gasteiger partial charge in [-0.3, -0.25) is 4.79 Å². The van der Waals surface area contributed by atoms with Crippen LogP contribution in [0.3, 0.4) is 0 Å². The highest BCUT2D eigenvalue weighted by atomic mass is 16.5. The molecule has 122 valence electrons. The van der Waals surface area contributed by atoms with Crippen molar-refractivity contribution in [2.24, 2.45) is 16.9 Å².